The van der Waals surface area contributed by atoms with Gasteiger partial charge in [-0.2, -0.15) is 4.31 Å². The molecule has 0 bridgehead atoms. The summed E-state index contributed by atoms with van der Waals surface area (Å²) in [4.78, 5) is 29.0. The minimum Gasteiger partial charge on any atom is -0.352 e. The van der Waals surface area contributed by atoms with Gasteiger partial charge in [0.1, 0.15) is 11.9 Å². The maximum absolute atomic E-state index is 13.9. The molecule has 0 saturated heterocycles. The lowest BCUT2D eigenvalue weighted by Crippen LogP contribution is -2.54. The minimum absolute atomic E-state index is 0.00269. The SMILES string of the molecule is CN(CC(=O)N(Cc1ccc(F)cc1)C(Cc1ccccc1)C(=O)NC1CCCC1)S(=O)(=O)c1ccc(Cl)cc1. The van der Waals surface area contributed by atoms with Crippen LogP contribution in [0.5, 0.6) is 0 Å². The highest BCUT2D eigenvalue weighted by atomic mass is 35.5. The zero-order chi connectivity index (χ0) is 28.7. The third kappa shape index (κ3) is 7.68. The van der Waals surface area contributed by atoms with E-state index < -0.39 is 34.3 Å². The number of benzene rings is 3. The highest BCUT2D eigenvalue weighted by molar-refractivity contribution is 7.89. The number of rotatable bonds is 11. The summed E-state index contributed by atoms with van der Waals surface area (Å²) in [5, 5.41) is 3.50. The van der Waals surface area contributed by atoms with Gasteiger partial charge in [-0.25, -0.2) is 12.8 Å². The van der Waals surface area contributed by atoms with Gasteiger partial charge in [0.15, 0.2) is 0 Å². The Bertz CT molecular complexity index is 1400. The number of halogens is 2. The fraction of sp³-hybridized carbons (Fsp3) is 0.333. The molecule has 0 radical (unpaired) electrons. The zero-order valence-electron chi connectivity index (χ0n) is 22.3. The van der Waals surface area contributed by atoms with Crippen molar-refractivity contribution in [3.05, 3.63) is 101 Å². The summed E-state index contributed by atoms with van der Waals surface area (Å²) >= 11 is 5.92. The summed E-state index contributed by atoms with van der Waals surface area (Å²) in [5.41, 5.74) is 1.47. The maximum atomic E-state index is 13.9. The molecule has 0 aliphatic heterocycles. The summed E-state index contributed by atoms with van der Waals surface area (Å²) in [6, 6.07) is 19.9. The summed E-state index contributed by atoms with van der Waals surface area (Å²) in [6.45, 7) is -0.488. The van der Waals surface area contributed by atoms with E-state index in [4.69, 9.17) is 11.6 Å². The number of carbonyl (C=O) groups is 2. The van der Waals surface area contributed by atoms with Crippen LogP contribution in [0.2, 0.25) is 5.02 Å². The summed E-state index contributed by atoms with van der Waals surface area (Å²) in [6.07, 6.45) is 4.04. The van der Waals surface area contributed by atoms with Gasteiger partial charge in [0.2, 0.25) is 21.8 Å². The summed E-state index contributed by atoms with van der Waals surface area (Å²) in [5.74, 6) is -1.27. The molecule has 1 fully saturated rings. The molecule has 1 atom stereocenters. The van der Waals surface area contributed by atoms with Crippen LogP contribution in [0.1, 0.15) is 36.8 Å². The first kappa shape index (κ1) is 29.7. The molecule has 1 saturated carbocycles. The van der Waals surface area contributed by atoms with Crippen LogP contribution in [0.25, 0.3) is 0 Å². The molecule has 4 rings (SSSR count). The number of carbonyl (C=O) groups excluding carboxylic acids is 2. The fourth-order valence-electron chi connectivity index (χ4n) is 4.86. The quantitative estimate of drug-likeness (QED) is 0.350. The van der Waals surface area contributed by atoms with E-state index in [9.17, 15) is 22.4 Å². The summed E-state index contributed by atoms with van der Waals surface area (Å²) in [7, 11) is -2.69. The largest absolute Gasteiger partial charge is 0.352 e. The van der Waals surface area contributed by atoms with Crippen molar-refractivity contribution in [1.29, 1.82) is 0 Å². The average molecular weight is 586 g/mol. The standard InChI is InChI=1S/C30H33ClFN3O4S/c1-34(40(38,39)27-17-13-24(31)14-18-27)21-29(36)35(20-23-11-15-25(32)16-12-23)28(19-22-7-3-2-4-8-22)30(37)33-26-9-5-6-10-26/h2-4,7-8,11-18,26,28H,5-6,9-10,19-21H2,1H3,(H,33,37). The Labute approximate surface area is 240 Å². The lowest BCUT2D eigenvalue weighted by atomic mass is 10.0. The van der Waals surface area contributed by atoms with Crippen molar-refractivity contribution in [1.82, 2.24) is 14.5 Å². The second kappa shape index (κ2) is 13.4. The predicted molar refractivity (Wildman–Crippen MR) is 153 cm³/mol. The van der Waals surface area contributed by atoms with Gasteiger partial charge in [0.05, 0.1) is 11.4 Å². The minimum atomic E-state index is -4.01. The van der Waals surface area contributed by atoms with Crippen LogP contribution >= 0.6 is 11.6 Å². The first-order valence-electron chi connectivity index (χ1n) is 13.2. The number of amides is 2. The highest BCUT2D eigenvalue weighted by Crippen LogP contribution is 2.22. The molecule has 1 unspecified atom stereocenters. The van der Waals surface area contributed by atoms with Gasteiger partial charge in [-0.15, -0.1) is 0 Å². The van der Waals surface area contributed by atoms with Gasteiger partial charge in [-0.1, -0.05) is 66.9 Å². The topological polar surface area (TPSA) is 86.8 Å². The Kier molecular flexibility index (Phi) is 9.95. The molecule has 3 aromatic carbocycles. The molecule has 0 aromatic heterocycles. The van der Waals surface area contributed by atoms with Gasteiger partial charge >= 0.3 is 0 Å². The third-order valence-electron chi connectivity index (χ3n) is 7.12. The molecule has 1 N–H and O–H groups in total. The average Bonchev–Trinajstić information content (AvgIpc) is 3.45. The lowest BCUT2D eigenvalue weighted by molar-refractivity contribution is -0.141. The van der Waals surface area contributed by atoms with Crippen LogP contribution in [0.4, 0.5) is 4.39 Å². The molecule has 40 heavy (non-hydrogen) atoms. The number of likely N-dealkylation sites (N-methyl/N-ethyl adjacent to an activating group) is 1. The molecule has 1 aliphatic carbocycles. The maximum Gasteiger partial charge on any atom is 0.243 e. The molecule has 0 heterocycles. The van der Waals surface area contributed by atoms with E-state index in [1.165, 1.54) is 48.3 Å². The smallest absolute Gasteiger partial charge is 0.243 e. The van der Waals surface area contributed by atoms with E-state index in [0.29, 0.717) is 10.6 Å². The van der Waals surface area contributed by atoms with Crippen molar-refractivity contribution < 1.29 is 22.4 Å². The Morgan fingerprint density at radius 2 is 1.57 bits per heavy atom. The molecular formula is C30H33ClFN3O4S. The van der Waals surface area contributed by atoms with Crippen LogP contribution in [0.15, 0.2) is 83.8 Å². The Morgan fingerprint density at radius 1 is 0.950 bits per heavy atom. The molecule has 7 nitrogen and oxygen atoms in total. The van der Waals surface area contributed by atoms with Gasteiger partial charge in [-0.05, 0) is 60.4 Å². The third-order valence-corrected chi connectivity index (χ3v) is 9.19. The van der Waals surface area contributed by atoms with Crippen LogP contribution < -0.4 is 5.32 Å². The molecule has 2 amide bonds. The first-order valence-corrected chi connectivity index (χ1v) is 15.1. The van der Waals surface area contributed by atoms with Crippen LogP contribution in [-0.2, 0) is 32.6 Å². The van der Waals surface area contributed by atoms with Gasteiger partial charge in [0.25, 0.3) is 0 Å². The molecule has 3 aromatic rings. The van der Waals surface area contributed by atoms with Gasteiger partial charge < -0.3 is 10.2 Å². The zero-order valence-corrected chi connectivity index (χ0v) is 23.9. The highest BCUT2D eigenvalue weighted by Gasteiger charge is 2.34. The molecular weight excluding hydrogens is 553 g/mol. The molecule has 0 spiro atoms. The molecule has 212 valence electrons. The van der Waals surface area contributed by atoms with E-state index in [2.05, 4.69) is 5.32 Å². The van der Waals surface area contributed by atoms with Crippen molar-refractivity contribution in [3.8, 4) is 0 Å². The summed E-state index contributed by atoms with van der Waals surface area (Å²) < 4.78 is 41.0. The monoisotopic (exact) mass is 585 g/mol. The van der Waals surface area contributed by atoms with Crippen LogP contribution in [0.3, 0.4) is 0 Å². The second-order valence-electron chi connectivity index (χ2n) is 10.1. The van der Waals surface area contributed by atoms with Crippen molar-refractivity contribution in [2.75, 3.05) is 13.6 Å². The van der Waals surface area contributed by atoms with E-state index in [0.717, 1.165) is 35.6 Å². The number of sulfonamides is 1. The van der Waals surface area contributed by atoms with E-state index in [-0.39, 0.29) is 29.8 Å². The Balaban J connectivity index is 1.65. The van der Waals surface area contributed by atoms with Crippen molar-refractivity contribution in [2.45, 2.75) is 55.6 Å². The number of nitrogens with one attached hydrogen (secondary N) is 1. The Hall–Kier alpha value is -3.27. The van der Waals surface area contributed by atoms with Crippen molar-refractivity contribution in [2.24, 2.45) is 0 Å². The molecule has 1 aliphatic rings. The molecule has 10 heteroatoms. The fourth-order valence-corrected chi connectivity index (χ4v) is 6.11. The normalized spacial score (nSPS) is 14.7. The number of hydrogen-bond acceptors (Lipinski definition) is 4. The van der Waals surface area contributed by atoms with Crippen molar-refractivity contribution in [3.63, 3.8) is 0 Å². The van der Waals surface area contributed by atoms with Gasteiger partial charge in [-0.3, -0.25) is 9.59 Å². The lowest BCUT2D eigenvalue weighted by Gasteiger charge is -2.33. The van der Waals surface area contributed by atoms with Crippen molar-refractivity contribution >= 4 is 33.4 Å². The predicted octanol–water partition coefficient (Wildman–Crippen LogP) is 4.80. The Morgan fingerprint density at radius 3 is 2.20 bits per heavy atom. The van der Waals surface area contributed by atoms with E-state index in [1.807, 2.05) is 30.3 Å². The van der Waals surface area contributed by atoms with Gasteiger partial charge in [0, 0.05) is 31.1 Å². The van der Waals surface area contributed by atoms with E-state index >= 15 is 0 Å². The number of hydrogen-bond donors (Lipinski definition) is 1. The number of nitrogens with zero attached hydrogens (tertiary/aromatic N) is 2. The van der Waals surface area contributed by atoms with Crippen LogP contribution in [0, 0.1) is 5.82 Å². The first-order chi connectivity index (χ1) is 19.1. The van der Waals surface area contributed by atoms with Crippen LogP contribution in [-0.4, -0.2) is 55.1 Å². The second-order valence-corrected chi connectivity index (χ2v) is 12.5. The van der Waals surface area contributed by atoms with E-state index in [1.54, 1.807) is 12.1 Å².